The topological polar surface area (TPSA) is 9.23 Å². The van der Waals surface area contributed by atoms with Crippen LogP contribution in [0.2, 0.25) is 10.0 Å². The van der Waals surface area contributed by atoms with Crippen LogP contribution in [0.4, 0.5) is 8.78 Å². The predicted molar refractivity (Wildman–Crippen MR) is 80.3 cm³/mol. The van der Waals surface area contributed by atoms with Crippen molar-refractivity contribution in [3.05, 3.63) is 63.6 Å². The highest BCUT2D eigenvalue weighted by Gasteiger charge is 2.14. The summed E-state index contributed by atoms with van der Waals surface area (Å²) in [6, 6.07) is 11.6. The molecule has 0 aliphatic rings. The standard InChI is InChI=1S/C14H9BrCl2F2O/c15-13(11-6-3-9(16)7-12(11)17)8-1-4-10(5-2-8)20-14(18)19/h1-7,13-14H. The lowest BCUT2D eigenvalue weighted by Gasteiger charge is -2.13. The molecule has 0 aromatic heterocycles. The molecule has 0 aliphatic heterocycles. The molecule has 0 saturated heterocycles. The highest BCUT2D eigenvalue weighted by Crippen LogP contribution is 2.36. The molecule has 0 radical (unpaired) electrons. The van der Waals surface area contributed by atoms with Crippen LogP contribution in [-0.2, 0) is 0 Å². The van der Waals surface area contributed by atoms with Gasteiger partial charge in [-0.05, 0) is 35.4 Å². The van der Waals surface area contributed by atoms with E-state index in [1.807, 2.05) is 6.07 Å². The molecule has 1 nitrogen and oxygen atoms in total. The van der Waals surface area contributed by atoms with Gasteiger partial charge in [0.25, 0.3) is 0 Å². The Morgan fingerprint density at radius 2 is 1.65 bits per heavy atom. The maximum absolute atomic E-state index is 12.1. The second kappa shape index (κ2) is 6.74. The van der Waals surface area contributed by atoms with Crippen molar-refractivity contribution in [1.82, 2.24) is 0 Å². The largest absolute Gasteiger partial charge is 0.435 e. The third-order valence-corrected chi connectivity index (χ3v) is 4.22. The fourth-order valence-corrected chi connectivity index (χ4v) is 3.06. The number of ether oxygens (including phenoxy) is 1. The van der Waals surface area contributed by atoms with Gasteiger partial charge >= 0.3 is 6.61 Å². The Bertz CT molecular complexity index is 590. The van der Waals surface area contributed by atoms with Crippen LogP contribution >= 0.6 is 39.1 Å². The number of halogens is 5. The smallest absolute Gasteiger partial charge is 0.387 e. The molecule has 0 fully saturated rings. The van der Waals surface area contributed by atoms with Crippen molar-refractivity contribution in [3.63, 3.8) is 0 Å². The zero-order valence-corrected chi connectivity index (χ0v) is 13.1. The van der Waals surface area contributed by atoms with Gasteiger partial charge in [0, 0.05) is 10.0 Å². The van der Waals surface area contributed by atoms with Crippen LogP contribution in [0.15, 0.2) is 42.5 Å². The zero-order chi connectivity index (χ0) is 14.7. The minimum Gasteiger partial charge on any atom is -0.435 e. The summed E-state index contributed by atoms with van der Waals surface area (Å²) in [5.41, 5.74) is 1.72. The van der Waals surface area contributed by atoms with Gasteiger partial charge in [0.05, 0.1) is 4.83 Å². The van der Waals surface area contributed by atoms with Gasteiger partial charge in [-0.3, -0.25) is 0 Å². The molecule has 1 unspecified atom stereocenters. The van der Waals surface area contributed by atoms with Crippen molar-refractivity contribution in [2.45, 2.75) is 11.4 Å². The highest BCUT2D eigenvalue weighted by atomic mass is 79.9. The molecule has 0 aliphatic carbocycles. The lowest BCUT2D eigenvalue weighted by Crippen LogP contribution is -2.02. The Morgan fingerprint density at radius 1 is 1.00 bits per heavy atom. The first-order chi connectivity index (χ1) is 9.47. The van der Waals surface area contributed by atoms with Gasteiger partial charge in [0.2, 0.25) is 0 Å². The highest BCUT2D eigenvalue weighted by molar-refractivity contribution is 9.09. The molecule has 0 heterocycles. The zero-order valence-electron chi connectivity index (χ0n) is 9.99. The van der Waals surface area contributed by atoms with Gasteiger partial charge in [0.1, 0.15) is 5.75 Å². The van der Waals surface area contributed by atoms with E-state index in [1.165, 1.54) is 12.1 Å². The van der Waals surface area contributed by atoms with Crippen molar-refractivity contribution >= 4 is 39.1 Å². The normalized spacial score (nSPS) is 12.5. The Balaban J connectivity index is 2.22. The summed E-state index contributed by atoms with van der Waals surface area (Å²) in [6.45, 7) is -2.83. The van der Waals surface area contributed by atoms with E-state index in [9.17, 15) is 8.78 Å². The van der Waals surface area contributed by atoms with Crippen LogP contribution in [0, 0.1) is 0 Å². The van der Waals surface area contributed by atoms with Gasteiger partial charge in [-0.1, -0.05) is 57.3 Å². The van der Waals surface area contributed by atoms with Gasteiger partial charge in [0.15, 0.2) is 0 Å². The molecule has 2 aromatic rings. The number of hydrogen-bond acceptors (Lipinski definition) is 1. The fourth-order valence-electron chi connectivity index (χ4n) is 1.70. The van der Waals surface area contributed by atoms with Gasteiger partial charge in [-0.25, -0.2) is 0 Å². The van der Waals surface area contributed by atoms with Gasteiger partial charge < -0.3 is 4.74 Å². The molecule has 20 heavy (non-hydrogen) atoms. The summed E-state index contributed by atoms with van der Waals surface area (Å²) >= 11 is 15.5. The molecule has 1 atom stereocenters. The predicted octanol–water partition coefficient (Wildman–Crippen LogP) is 6.08. The van der Waals surface area contributed by atoms with Crippen LogP contribution in [-0.4, -0.2) is 6.61 Å². The Morgan fingerprint density at radius 3 is 2.20 bits per heavy atom. The Labute approximate surface area is 133 Å². The molecule has 0 saturated carbocycles. The SMILES string of the molecule is FC(F)Oc1ccc(C(Br)c2ccc(Cl)cc2Cl)cc1. The van der Waals surface area contributed by atoms with E-state index in [-0.39, 0.29) is 10.6 Å². The van der Waals surface area contributed by atoms with Crippen LogP contribution in [0.3, 0.4) is 0 Å². The van der Waals surface area contributed by atoms with E-state index in [2.05, 4.69) is 20.7 Å². The monoisotopic (exact) mass is 380 g/mol. The van der Waals surface area contributed by atoms with Crippen LogP contribution < -0.4 is 4.74 Å². The molecular weight excluding hydrogens is 373 g/mol. The molecule has 0 bridgehead atoms. The van der Waals surface area contributed by atoms with E-state index < -0.39 is 6.61 Å². The number of hydrogen-bond donors (Lipinski definition) is 0. The first kappa shape index (κ1) is 15.5. The molecule has 0 N–H and O–H groups in total. The fraction of sp³-hybridized carbons (Fsp3) is 0.143. The van der Waals surface area contributed by atoms with E-state index in [0.29, 0.717) is 10.0 Å². The number of rotatable bonds is 4. The van der Waals surface area contributed by atoms with Gasteiger partial charge in [-0.2, -0.15) is 8.78 Å². The van der Waals surface area contributed by atoms with Crippen molar-refractivity contribution in [2.24, 2.45) is 0 Å². The maximum Gasteiger partial charge on any atom is 0.387 e. The number of alkyl halides is 3. The second-order valence-electron chi connectivity index (χ2n) is 3.98. The van der Waals surface area contributed by atoms with Crippen molar-refractivity contribution in [2.75, 3.05) is 0 Å². The number of benzene rings is 2. The van der Waals surface area contributed by atoms with Crippen LogP contribution in [0.5, 0.6) is 5.75 Å². The minimum atomic E-state index is -2.83. The summed E-state index contributed by atoms with van der Waals surface area (Å²) < 4.78 is 28.4. The molecule has 2 rings (SSSR count). The molecule has 106 valence electrons. The Kier molecular flexibility index (Phi) is 5.24. The summed E-state index contributed by atoms with van der Waals surface area (Å²) in [6.07, 6.45) is 0. The average Bonchev–Trinajstić information content (AvgIpc) is 2.38. The van der Waals surface area contributed by atoms with Crippen molar-refractivity contribution < 1.29 is 13.5 Å². The lowest BCUT2D eigenvalue weighted by molar-refractivity contribution is -0.0498. The first-order valence-electron chi connectivity index (χ1n) is 5.61. The minimum absolute atomic E-state index is 0.116. The molecule has 0 amide bonds. The lowest BCUT2D eigenvalue weighted by atomic mass is 10.0. The first-order valence-corrected chi connectivity index (χ1v) is 7.28. The molecule has 6 heteroatoms. The summed E-state index contributed by atoms with van der Waals surface area (Å²) in [5, 5.41) is 1.09. The maximum atomic E-state index is 12.1. The second-order valence-corrected chi connectivity index (χ2v) is 5.74. The molecular formula is C14H9BrCl2F2O. The van der Waals surface area contributed by atoms with Crippen molar-refractivity contribution in [3.8, 4) is 5.75 Å². The quantitative estimate of drug-likeness (QED) is 0.583. The summed E-state index contributed by atoms with van der Waals surface area (Å²) in [7, 11) is 0. The van der Waals surface area contributed by atoms with Crippen LogP contribution in [0.1, 0.15) is 16.0 Å². The van der Waals surface area contributed by atoms with E-state index >= 15 is 0 Å². The van der Waals surface area contributed by atoms with E-state index in [0.717, 1.165) is 11.1 Å². The summed E-state index contributed by atoms with van der Waals surface area (Å²) in [4.78, 5) is -0.159. The third kappa shape index (κ3) is 3.84. The van der Waals surface area contributed by atoms with E-state index in [4.69, 9.17) is 23.2 Å². The Hall–Kier alpha value is -0.840. The third-order valence-electron chi connectivity index (χ3n) is 2.63. The molecule has 0 spiro atoms. The summed E-state index contributed by atoms with van der Waals surface area (Å²) in [5.74, 6) is 0.116. The van der Waals surface area contributed by atoms with Crippen molar-refractivity contribution in [1.29, 1.82) is 0 Å². The van der Waals surface area contributed by atoms with Crippen LogP contribution in [0.25, 0.3) is 0 Å². The average molecular weight is 382 g/mol. The van der Waals surface area contributed by atoms with E-state index in [1.54, 1.807) is 24.3 Å². The van der Waals surface area contributed by atoms with Gasteiger partial charge in [-0.15, -0.1) is 0 Å². The molecule has 2 aromatic carbocycles.